The van der Waals surface area contributed by atoms with Gasteiger partial charge >= 0.3 is 5.97 Å². The van der Waals surface area contributed by atoms with Gasteiger partial charge in [-0.1, -0.05) is 6.42 Å². The molecule has 0 aliphatic carbocycles. The summed E-state index contributed by atoms with van der Waals surface area (Å²) in [5.74, 6) is -1.24. The van der Waals surface area contributed by atoms with Crippen LogP contribution in [0.3, 0.4) is 0 Å². The number of imidazole rings is 1. The van der Waals surface area contributed by atoms with Crippen molar-refractivity contribution in [1.82, 2.24) is 14.9 Å². The minimum absolute atomic E-state index is 0.107. The van der Waals surface area contributed by atoms with Crippen molar-refractivity contribution in [2.24, 2.45) is 0 Å². The van der Waals surface area contributed by atoms with Gasteiger partial charge in [-0.25, -0.2) is 4.98 Å². The SMILES string of the molecule is O=C(O)CCCCCNC(=O)c1ccc(-n2ccnc2)c([N+](=O)[O-])c1. The van der Waals surface area contributed by atoms with Crippen molar-refractivity contribution < 1.29 is 19.6 Å². The number of unbranched alkanes of at least 4 members (excludes halogenated alkanes) is 2. The summed E-state index contributed by atoms with van der Waals surface area (Å²) in [5, 5.41) is 22.5. The van der Waals surface area contributed by atoms with Gasteiger partial charge in [-0.3, -0.25) is 19.7 Å². The van der Waals surface area contributed by atoms with Crippen LogP contribution in [-0.2, 0) is 4.79 Å². The summed E-state index contributed by atoms with van der Waals surface area (Å²) in [6.45, 7) is 0.384. The highest BCUT2D eigenvalue weighted by Gasteiger charge is 2.18. The average molecular weight is 346 g/mol. The summed E-state index contributed by atoms with van der Waals surface area (Å²) in [5.41, 5.74) is 0.334. The molecular weight excluding hydrogens is 328 g/mol. The predicted molar refractivity (Wildman–Crippen MR) is 88.7 cm³/mol. The van der Waals surface area contributed by atoms with Crippen LogP contribution < -0.4 is 5.32 Å². The van der Waals surface area contributed by atoms with Crippen molar-refractivity contribution in [2.45, 2.75) is 25.7 Å². The number of rotatable bonds is 9. The van der Waals surface area contributed by atoms with Gasteiger partial charge < -0.3 is 15.0 Å². The Morgan fingerprint density at radius 1 is 1.28 bits per heavy atom. The lowest BCUT2D eigenvalue weighted by molar-refractivity contribution is -0.384. The molecule has 9 nitrogen and oxygen atoms in total. The van der Waals surface area contributed by atoms with Crippen molar-refractivity contribution in [2.75, 3.05) is 6.54 Å². The van der Waals surface area contributed by atoms with Crippen LogP contribution in [0.1, 0.15) is 36.0 Å². The zero-order valence-corrected chi connectivity index (χ0v) is 13.4. The van der Waals surface area contributed by atoms with Gasteiger partial charge in [0.1, 0.15) is 5.69 Å². The third-order valence-corrected chi connectivity index (χ3v) is 3.57. The molecule has 9 heteroatoms. The van der Waals surface area contributed by atoms with Crippen LogP contribution in [0.4, 0.5) is 5.69 Å². The highest BCUT2D eigenvalue weighted by Crippen LogP contribution is 2.24. The molecule has 0 fully saturated rings. The van der Waals surface area contributed by atoms with Gasteiger partial charge in [-0.05, 0) is 25.0 Å². The van der Waals surface area contributed by atoms with E-state index in [0.29, 0.717) is 31.5 Å². The lowest BCUT2D eigenvalue weighted by Gasteiger charge is -2.08. The number of amides is 1. The van der Waals surface area contributed by atoms with Crippen molar-refractivity contribution in [3.8, 4) is 5.69 Å². The highest BCUT2D eigenvalue weighted by molar-refractivity contribution is 5.95. The fourth-order valence-corrected chi connectivity index (χ4v) is 2.31. The molecule has 0 aliphatic rings. The van der Waals surface area contributed by atoms with Gasteiger partial charge in [0.2, 0.25) is 0 Å². The first-order valence-electron chi connectivity index (χ1n) is 7.76. The van der Waals surface area contributed by atoms with Crippen LogP contribution in [0, 0.1) is 10.1 Å². The maximum absolute atomic E-state index is 12.1. The van der Waals surface area contributed by atoms with E-state index in [0.717, 1.165) is 0 Å². The number of hydrogen-bond acceptors (Lipinski definition) is 5. The van der Waals surface area contributed by atoms with Crippen LogP contribution >= 0.6 is 0 Å². The van der Waals surface area contributed by atoms with E-state index < -0.39 is 16.8 Å². The Bertz CT molecular complexity index is 758. The molecule has 1 amide bonds. The minimum Gasteiger partial charge on any atom is -0.481 e. The molecule has 0 aliphatic heterocycles. The molecule has 1 aromatic heterocycles. The Morgan fingerprint density at radius 2 is 2.08 bits per heavy atom. The van der Waals surface area contributed by atoms with E-state index in [4.69, 9.17) is 5.11 Å². The molecule has 1 heterocycles. The van der Waals surface area contributed by atoms with E-state index in [1.807, 2.05) is 0 Å². The van der Waals surface area contributed by atoms with Crippen LogP contribution in [0.2, 0.25) is 0 Å². The number of nitro benzene ring substituents is 1. The summed E-state index contributed by atoms with van der Waals surface area (Å²) in [6.07, 6.45) is 6.53. The van der Waals surface area contributed by atoms with Crippen molar-refractivity contribution in [3.05, 3.63) is 52.6 Å². The Hall–Kier alpha value is -3.23. The second-order valence-electron chi connectivity index (χ2n) is 5.39. The van der Waals surface area contributed by atoms with E-state index in [9.17, 15) is 19.7 Å². The Labute approximate surface area is 143 Å². The van der Waals surface area contributed by atoms with Crippen LogP contribution in [0.15, 0.2) is 36.9 Å². The summed E-state index contributed by atoms with van der Waals surface area (Å²) in [4.78, 5) is 37.1. The number of carbonyl (C=O) groups is 2. The molecule has 0 bridgehead atoms. The molecule has 0 spiro atoms. The predicted octanol–water partition coefficient (Wildman–Crippen LogP) is 2.16. The molecule has 0 saturated carbocycles. The second-order valence-corrected chi connectivity index (χ2v) is 5.39. The number of hydrogen-bond donors (Lipinski definition) is 2. The number of aromatic nitrogens is 2. The van der Waals surface area contributed by atoms with E-state index in [1.54, 1.807) is 6.20 Å². The van der Waals surface area contributed by atoms with Crippen LogP contribution in [-0.4, -0.2) is 38.0 Å². The zero-order chi connectivity index (χ0) is 18.2. The fraction of sp³-hybridized carbons (Fsp3) is 0.312. The first kappa shape index (κ1) is 18.1. The topological polar surface area (TPSA) is 127 Å². The van der Waals surface area contributed by atoms with Gasteiger partial charge in [0, 0.05) is 37.0 Å². The van der Waals surface area contributed by atoms with Gasteiger partial charge in [0.25, 0.3) is 11.6 Å². The molecule has 0 radical (unpaired) electrons. The van der Waals surface area contributed by atoms with E-state index in [2.05, 4.69) is 10.3 Å². The molecule has 0 saturated heterocycles. The van der Waals surface area contributed by atoms with Crippen molar-refractivity contribution in [1.29, 1.82) is 0 Å². The molecule has 1 aromatic carbocycles. The molecule has 25 heavy (non-hydrogen) atoms. The smallest absolute Gasteiger partial charge is 0.303 e. The largest absolute Gasteiger partial charge is 0.481 e. The van der Waals surface area contributed by atoms with E-state index in [-0.39, 0.29) is 17.7 Å². The first-order valence-corrected chi connectivity index (χ1v) is 7.76. The number of benzene rings is 1. The first-order chi connectivity index (χ1) is 12.0. The lowest BCUT2D eigenvalue weighted by Crippen LogP contribution is -2.24. The van der Waals surface area contributed by atoms with Gasteiger partial charge in [0.15, 0.2) is 0 Å². The summed E-state index contributed by atoms with van der Waals surface area (Å²) >= 11 is 0. The molecular formula is C16H18N4O5. The molecule has 0 atom stereocenters. The quantitative estimate of drug-likeness (QED) is 0.407. The molecule has 2 rings (SSSR count). The van der Waals surface area contributed by atoms with Gasteiger partial charge in [0.05, 0.1) is 11.3 Å². The number of nitrogens with one attached hydrogen (secondary N) is 1. The summed E-state index contributed by atoms with van der Waals surface area (Å²) < 4.78 is 1.50. The highest BCUT2D eigenvalue weighted by atomic mass is 16.6. The number of carboxylic acid groups (broad SMARTS) is 1. The Morgan fingerprint density at radius 3 is 2.72 bits per heavy atom. The number of nitrogens with zero attached hydrogens (tertiary/aromatic N) is 3. The molecule has 2 N–H and O–H groups in total. The van der Waals surface area contributed by atoms with E-state index in [1.165, 1.54) is 35.3 Å². The normalized spacial score (nSPS) is 10.4. The number of carboxylic acids is 1. The third-order valence-electron chi connectivity index (χ3n) is 3.57. The van der Waals surface area contributed by atoms with Crippen LogP contribution in [0.25, 0.3) is 5.69 Å². The van der Waals surface area contributed by atoms with Gasteiger partial charge in [-0.2, -0.15) is 0 Å². The maximum atomic E-state index is 12.1. The standard InChI is InChI=1S/C16H18N4O5/c21-15(22)4-2-1-3-7-18-16(23)12-5-6-13(14(10-12)20(24)25)19-9-8-17-11-19/h5-6,8-11H,1-4,7H2,(H,18,23)(H,21,22). The van der Waals surface area contributed by atoms with Crippen molar-refractivity contribution >= 4 is 17.6 Å². The maximum Gasteiger partial charge on any atom is 0.303 e. The monoisotopic (exact) mass is 346 g/mol. The van der Waals surface area contributed by atoms with Crippen molar-refractivity contribution in [3.63, 3.8) is 0 Å². The Kier molecular flexibility index (Phi) is 6.21. The van der Waals surface area contributed by atoms with E-state index >= 15 is 0 Å². The average Bonchev–Trinajstić information content (AvgIpc) is 3.11. The number of aliphatic carboxylic acids is 1. The summed E-state index contributed by atoms with van der Waals surface area (Å²) in [7, 11) is 0. The molecule has 132 valence electrons. The second kappa shape index (κ2) is 8.57. The lowest BCUT2D eigenvalue weighted by atomic mass is 10.1. The minimum atomic E-state index is -0.839. The zero-order valence-electron chi connectivity index (χ0n) is 13.4. The number of nitro groups is 1. The molecule has 0 unspecified atom stereocenters. The summed E-state index contributed by atoms with van der Waals surface area (Å²) in [6, 6.07) is 4.25. The Balaban J connectivity index is 1.97. The third kappa shape index (κ3) is 5.13. The molecule has 2 aromatic rings. The number of carbonyl (C=O) groups excluding carboxylic acids is 1. The van der Waals surface area contributed by atoms with Gasteiger partial charge in [-0.15, -0.1) is 0 Å². The fourth-order valence-electron chi connectivity index (χ4n) is 2.31. The van der Waals surface area contributed by atoms with Crippen LogP contribution in [0.5, 0.6) is 0 Å².